The minimum absolute atomic E-state index is 0.431. The molecule has 1 aromatic carbocycles. The largest absolute Gasteiger partial charge is 0.432 e. The van der Waals surface area contributed by atoms with Crippen molar-refractivity contribution in [3.8, 4) is 0 Å². The third-order valence-electron chi connectivity index (χ3n) is 2.37. The van der Waals surface area contributed by atoms with E-state index in [4.69, 9.17) is 0 Å². The summed E-state index contributed by atoms with van der Waals surface area (Å²) in [5.74, 6) is -0.431. The number of alkyl halides is 3. The highest BCUT2D eigenvalue weighted by molar-refractivity contribution is 7.95. The smallest absolute Gasteiger partial charge is 0.271 e. The lowest BCUT2D eigenvalue weighted by Crippen LogP contribution is -2.09. The standard InChI is InChI=1S/C12H10F3N3O2S/c13-12(14,15)10-8-11(17-16-10)18-21(19,20)7-6-9-4-2-1-3-5-9/h1-8H,(H2,16,17,18). The second-order valence-corrected chi connectivity index (χ2v) is 5.59. The fourth-order valence-corrected chi connectivity index (χ4v) is 2.23. The Balaban J connectivity index is 2.11. The zero-order valence-corrected chi connectivity index (χ0v) is 11.2. The molecule has 0 bridgehead atoms. The van der Waals surface area contributed by atoms with Crippen LogP contribution in [0, 0.1) is 0 Å². The number of H-pyrrole nitrogens is 1. The van der Waals surface area contributed by atoms with Crippen molar-refractivity contribution in [2.45, 2.75) is 6.18 Å². The molecular formula is C12H10F3N3O2S. The summed E-state index contributed by atoms with van der Waals surface area (Å²) in [6.45, 7) is 0. The van der Waals surface area contributed by atoms with Gasteiger partial charge in [0.15, 0.2) is 5.82 Å². The minimum Gasteiger partial charge on any atom is -0.271 e. The number of nitrogens with zero attached hydrogens (tertiary/aromatic N) is 1. The Bertz CT molecular complexity index is 737. The number of anilines is 1. The molecule has 0 aliphatic rings. The van der Waals surface area contributed by atoms with E-state index in [0.717, 1.165) is 5.41 Å². The highest BCUT2D eigenvalue weighted by Crippen LogP contribution is 2.28. The molecule has 0 spiro atoms. The Morgan fingerprint density at radius 3 is 2.43 bits per heavy atom. The number of halogens is 3. The highest BCUT2D eigenvalue weighted by atomic mass is 32.2. The Kier molecular flexibility index (Phi) is 4.03. The van der Waals surface area contributed by atoms with Gasteiger partial charge in [-0.05, 0) is 11.6 Å². The molecule has 9 heteroatoms. The molecule has 0 fully saturated rings. The first-order chi connectivity index (χ1) is 9.76. The van der Waals surface area contributed by atoms with Crippen LogP contribution in [0.25, 0.3) is 6.08 Å². The van der Waals surface area contributed by atoms with E-state index in [1.165, 1.54) is 6.08 Å². The van der Waals surface area contributed by atoms with Gasteiger partial charge in [0.25, 0.3) is 10.0 Å². The van der Waals surface area contributed by atoms with Crippen LogP contribution in [0.4, 0.5) is 19.0 Å². The van der Waals surface area contributed by atoms with Crippen molar-refractivity contribution < 1.29 is 21.6 Å². The monoisotopic (exact) mass is 317 g/mol. The van der Waals surface area contributed by atoms with Gasteiger partial charge < -0.3 is 0 Å². The molecule has 0 saturated heterocycles. The summed E-state index contributed by atoms with van der Waals surface area (Å²) in [4.78, 5) is 0. The normalized spacial score (nSPS) is 12.7. The first-order valence-electron chi connectivity index (χ1n) is 5.65. The van der Waals surface area contributed by atoms with Gasteiger partial charge in [0, 0.05) is 6.07 Å². The van der Waals surface area contributed by atoms with E-state index < -0.39 is 27.7 Å². The van der Waals surface area contributed by atoms with Crippen LogP contribution < -0.4 is 4.72 Å². The van der Waals surface area contributed by atoms with E-state index >= 15 is 0 Å². The molecule has 2 aromatic rings. The molecule has 0 aliphatic carbocycles. The fourth-order valence-electron chi connectivity index (χ4n) is 1.43. The number of sulfonamides is 1. The van der Waals surface area contributed by atoms with E-state index in [0.29, 0.717) is 11.6 Å². The molecule has 0 aliphatic heterocycles. The zero-order chi connectivity index (χ0) is 15.5. The molecule has 2 N–H and O–H groups in total. The van der Waals surface area contributed by atoms with Gasteiger partial charge in [0.05, 0.1) is 5.41 Å². The van der Waals surface area contributed by atoms with E-state index in [9.17, 15) is 21.6 Å². The first kappa shape index (κ1) is 15.1. The summed E-state index contributed by atoms with van der Waals surface area (Å²) < 4.78 is 62.3. The van der Waals surface area contributed by atoms with Crippen molar-refractivity contribution in [2.24, 2.45) is 0 Å². The fraction of sp³-hybridized carbons (Fsp3) is 0.0833. The van der Waals surface area contributed by atoms with Gasteiger partial charge in [0.1, 0.15) is 5.69 Å². The Labute approximate surface area is 118 Å². The number of aromatic nitrogens is 2. The Morgan fingerprint density at radius 1 is 1.19 bits per heavy atom. The molecule has 0 atom stereocenters. The van der Waals surface area contributed by atoms with E-state index in [1.807, 2.05) is 4.72 Å². The summed E-state index contributed by atoms with van der Waals surface area (Å²) >= 11 is 0. The Hall–Kier alpha value is -2.29. The lowest BCUT2D eigenvalue weighted by atomic mass is 10.2. The summed E-state index contributed by atoms with van der Waals surface area (Å²) in [6, 6.07) is 9.16. The topological polar surface area (TPSA) is 74.8 Å². The van der Waals surface area contributed by atoms with Crippen LogP contribution in [0.5, 0.6) is 0 Å². The molecule has 21 heavy (non-hydrogen) atoms. The van der Waals surface area contributed by atoms with Crippen LogP contribution in [0.2, 0.25) is 0 Å². The maximum absolute atomic E-state index is 12.3. The van der Waals surface area contributed by atoms with Crippen molar-refractivity contribution in [2.75, 3.05) is 4.72 Å². The van der Waals surface area contributed by atoms with Crippen LogP contribution >= 0.6 is 0 Å². The second kappa shape index (κ2) is 5.60. The van der Waals surface area contributed by atoms with Gasteiger partial charge in [-0.2, -0.15) is 18.3 Å². The van der Waals surface area contributed by atoms with Gasteiger partial charge in [0.2, 0.25) is 0 Å². The number of hydrogen-bond donors (Lipinski definition) is 2. The average Bonchev–Trinajstić information content (AvgIpc) is 2.85. The van der Waals surface area contributed by atoms with Gasteiger partial charge in [-0.15, -0.1) is 0 Å². The number of rotatable bonds is 4. The molecule has 5 nitrogen and oxygen atoms in total. The third kappa shape index (κ3) is 4.35. The molecule has 112 valence electrons. The Morgan fingerprint density at radius 2 is 1.86 bits per heavy atom. The minimum atomic E-state index is -4.61. The third-order valence-corrected chi connectivity index (χ3v) is 3.36. The summed E-state index contributed by atoms with van der Waals surface area (Å²) in [7, 11) is -3.95. The van der Waals surface area contributed by atoms with Crippen molar-refractivity contribution >= 4 is 21.9 Å². The van der Waals surface area contributed by atoms with Gasteiger partial charge in [-0.25, -0.2) is 8.42 Å². The molecule has 0 radical (unpaired) electrons. The average molecular weight is 317 g/mol. The number of aromatic amines is 1. The highest BCUT2D eigenvalue weighted by Gasteiger charge is 2.33. The summed E-state index contributed by atoms with van der Waals surface area (Å²) in [6.07, 6.45) is -3.30. The lowest BCUT2D eigenvalue weighted by molar-refractivity contribution is -0.141. The van der Waals surface area contributed by atoms with E-state index in [2.05, 4.69) is 5.10 Å². The van der Waals surface area contributed by atoms with Gasteiger partial charge >= 0.3 is 6.18 Å². The predicted octanol–water partition coefficient (Wildman–Crippen LogP) is 2.84. The summed E-state index contributed by atoms with van der Waals surface area (Å²) in [5, 5.41) is 5.82. The van der Waals surface area contributed by atoms with Crippen LogP contribution in [0.1, 0.15) is 11.3 Å². The van der Waals surface area contributed by atoms with E-state index in [1.54, 1.807) is 35.4 Å². The molecule has 1 aromatic heterocycles. The quantitative estimate of drug-likeness (QED) is 0.910. The van der Waals surface area contributed by atoms with Crippen molar-refractivity contribution in [1.29, 1.82) is 0 Å². The van der Waals surface area contributed by atoms with E-state index in [-0.39, 0.29) is 0 Å². The molecule has 1 heterocycles. The molecule has 0 unspecified atom stereocenters. The lowest BCUT2D eigenvalue weighted by Gasteiger charge is -2.00. The number of benzene rings is 1. The molecular weight excluding hydrogens is 307 g/mol. The number of nitrogens with one attached hydrogen (secondary N) is 2. The van der Waals surface area contributed by atoms with Crippen LogP contribution in [-0.4, -0.2) is 18.6 Å². The second-order valence-electron chi connectivity index (χ2n) is 4.03. The van der Waals surface area contributed by atoms with Crippen molar-refractivity contribution in [1.82, 2.24) is 10.2 Å². The van der Waals surface area contributed by atoms with Crippen LogP contribution in [0.15, 0.2) is 41.8 Å². The van der Waals surface area contributed by atoms with Gasteiger partial charge in [-0.3, -0.25) is 9.82 Å². The number of hydrogen-bond acceptors (Lipinski definition) is 3. The SMILES string of the molecule is O=S(=O)(C=Cc1ccccc1)Nc1cc(C(F)(F)F)[nH]n1. The summed E-state index contributed by atoms with van der Waals surface area (Å²) in [5.41, 5.74) is -0.492. The van der Waals surface area contributed by atoms with Crippen LogP contribution in [-0.2, 0) is 16.2 Å². The predicted molar refractivity (Wildman–Crippen MR) is 71.6 cm³/mol. The van der Waals surface area contributed by atoms with Crippen LogP contribution in [0.3, 0.4) is 0 Å². The molecule has 0 amide bonds. The molecule has 0 saturated carbocycles. The maximum atomic E-state index is 12.3. The van der Waals surface area contributed by atoms with Crippen molar-refractivity contribution in [3.63, 3.8) is 0 Å². The zero-order valence-electron chi connectivity index (χ0n) is 10.4. The van der Waals surface area contributed by atoms with Gasteiger partial charge in [-0.1, -0.05) is 30.3 Å². The maximum Gasteiger partial charge on any atom is 0.432 e. The molecule has 2 rings (SSSR count). The van der Waals surface area contributed by atoms with Crippen molar-refractivity contribution in [3.05, 3.63) is 53.1 Å². The first-order valence-corrected chi connectivity index (χ1v) is 7.19.